The molecule has 1 N–H and O–H groups in total. The van der Waals surface area contributed by atoms with Crippen molar-refractivity contribution >= 4 is 11.7 Å². The van der Waals surface area contributed by atoms with Gasteiger partial charge in [-0.25, -0.2) is 0 Å². The van der Waals surface area contributed by atoms with Gasteiger partial charge in [0.15, 0.2) is 5.69 Å². The third-order valence-electron chi connectivity index (χ3n) is 2.52. The normalized spacial score (nSPS) is 10.2. The third-order valence-corrected chi connectivity index (χ3v) is 2.52. The van der Waals surface area contributed by atoms with Gasteiger partial charge in [0, 0.05) is 26.7 Å². The maximum atomic E-state index is 12.1. The number of carbonyl (C=O) groups excluding carboxylic acids is 1. The third kappa shape index (κ3) is 3.96. The number of anilines is 1. The zero-order valence-electron chi connectivity index (χ0n) is 11.1. The largest absolute Gasteiger partial charge is 0.380 e. The molecule has 1 rings (SSSR count). The molecule has 0 saturated carbocycles. The summed E-state index contributed by atoms with van der Waals surface area (Å²) in [6.07, 6.45) is 0. The van der Waals surface area contributed by atoms with E-state index in [9.17, 15) is 4.79 Å². The van der Waals surface area contributed by atoms with Gasteiger partial charge >= 0.3 is 0 Å². The summed E-state index contributed by atoms with van der Waals surface area (Å²) in [5.74, 6) is 0.524. The molecule has 1 heterocycles. The van der Waals surface area contributed by atoms with E-state index in [-0.39, 0.29) is 5.91 Å². The standard InChI is InChI=1S/C12H20N4O2/c1-4-16(8-9-18-5-2)12(17)10-6-7-11(13-3)15-14-10/h6-7H,4-5,8-9H2,1-3H3,(H,13,15). The van der Waals surface area contributed by atoms with E-state index in [0.29, 0.717) is 37.8 Å². The summed E-state index contributed by atoms with van der Waals surface area (Å²) >= 11 is 0. The van der Waals surface area contributed by atoms with E-state index >= 15 is 0 Å². The van der Waals surface area contributed by atoms with E-state index in [0.717, 1.165) is 0 Å². The van der Waals surface area contributed by atoms with Gasteiger partial charge in [-0.2, -0.15) is 0 Å². The first-order valence-corrected chi connectivity index (χ1v) is 6.11. The zero-order valence-corrected chi connectivity index (χ0v) is 11.1. The molecule has 0 radical (unpaired) electrons. The molecule has 0 saturated heterocycles. The summed E-state index contributed by atoms with van der Waals surface area (Å²) < 4.78 is 5.25. The zero-order chi connectivity index (χ0) is 13.4. The van der Waals surface area contributed by atoms with Crippen LogP contribution in [-0.4, -0.2) is 54.4 Å². The predicted octanol–water partition coefficient (Wildman–Crippen LogP) is 1.02. The van der Waals surface area contributed by atoms with Crippen LogP contribution in [0.5, 0.6) is 0 Å². The molecule has 0 aliphatic carbocycles. The second kappa shape index (κ2) is 7.60. The quantitative estimate of drug-likeness (QED) is 0.734. The van der Waals surface area contributed by atoms with Gasteiger partial charge in [-0.3, -0.25) is 4.79 Å². The lowest BCUT2D eigenvalue weighted by atomic mass is 10.3. The second-order valence-electron chi connectivity index (χ2n) is 3.64. The molecule has 1 amide bonds. The van der Waals surface area contributed by atoms with Crippen LogP contribution in [0.15, 0.2) is 12.1 Å². The monoisotopic (exact) mass is 252 g/mol. The Labute approximate surface area is 107 Å². The van der Waals surface area contributed by atoms with Crippen LogP contribution in [-0.2, 0) is 4.74 Å². The maximum absolute atomic E-state index is 12.1. The molecule has 0 spiro atoms. The van der Waals surface area contributed by atoms with E-state index in [1.165, 1.54) is 0 Å². The van der Waals surface area contributed by atoms with Gasteiger partial charge in [-0.1, -0.05) is 0 Å². The fourth-order valence-corrected chi connectivity index (χ4v) is 1.46. The van der Waals surface area contributed by atoms with Crippen LogP contribution in [0.25, 0.3) is 0 Å². The van der Waals surface area contributed by atoms with Gasteiger partial charge in [0.2, 0.25) is 0 Å². The molecule has 0 aliphatic rings. The molecule has 6 nitrogen and oxygen atoms in total. The Balaban J connectivity index is 2.64. The number of aromatic nitrogens is 2. The molecular weight excluding hydrogens is 232 g/mol. The highest BCUT2D eigenvalue weighted by atomic mass is 16.5. The molecule has 6 heteroatoms. The molecule has 18 heavy (non-hydrogen) atoms. The molecule has 0 aliphatic heterocycles. The van der Waals surface area contributed by atoms with E-state index in [1.807, 2.05) is 13.8 Å². The summed E-state index contributed by atoms with van der Waals surface area (Å²) in [6, 6.07) is 3.40. The minimum Gasteiger partial charge on any atom is -0.380 e. The molecule has 1 aromatic heterocycles. The first kappa shape index (κ1) is 14.4. The first-order chi connectivity index (χ1) is 8.72. The number of hydrogen-bond donors (Lipinski definition) is 1. The molecule has 0 fully saturated rings. The Morgan fingerprint density at radius 3 is 2.67 bits per heavy atom. The second-order valence-corrected chi connectivity index (χ2v) is 3.64. The van der Waals surface area contributed by atoms with Crippen LogP contribution in [0.2, 0.25) is 0 Å². The van der Waals surface area contributed by atoms with E-state index < -0.39 is 0 Å². The van der Waals surface area contributed by atoms with Gasteiger partial charge < -0.3 is 15.0 Å². The Hall–Kier alpha value is -1.69. The number of carbonyl (C=O) groups is 1. The number of nitrogens with one attached hydrogen (secondary N) is 1. The Morgan fingerprint density at radius 1 is 1.39 bits per heavy atom. The highest BCUT2D eigenvalue weighted by Crippen LogP contribution is 2.04. The molecule has 0 aromatic carbocycles. The molecule has 100 valence electrons. The van der Waals surface area contributed by atoms with Crippen LogP contribution in [0, 0.1) is 0 Å². The van der Waals surface area contributed by atoms with E-state index in [1.54, 1.807) is 24.1 Å². The van der Waals surface area contributed by atoms with Crippen LogP contribution in [0.4, 0.5) is 5.82 Å². The summed E-state index contributed by atoms with van der Waals surface area (Å²) in [5, 5.41) is 10.7. The van der Waals surface area contributed by atoms with Crippen molar-refractivity contribution in [1.29, 1.82) is 0 Å². The highest BCUT2D eigenvalue weighted by Gasteiger charge is 2.15. The summed E-state index contributed by atoms with van der Waals surface area (Å²) in [4.78, 5) is 13.8. The van der Waals surface area contributed by atoms with Crippen molar-refractivity contribution in [3.63, 3.8) is 0 Å². The van der Waals surface area contributed by atoms with Crippen molar-refractivity contribution < 1.29 is 9.53 Å². The van der Waals surface area contributed by atoms with Crippen molar-refractivity contribution in [2.75, 3.05) is 38.7 Å². The molecular formula is C12H20N4O2. The van der Waals surface area contributed by atoms with Crippen molar-refractivity contribution in [2.24, 2.45) is 0 Å². The van der Waals surface area contributed by atoms with Crippen LogP contribution in [0.1, 0.15) is 24.3 Å². The predicted molar refractivity (Wildman–Crippen MR) is 69.6 cm³/mol. The number of likely N-dealkylation sites (N-methyl/N-ethyl adjacent to an activating group) is 1. The van der Waals surface area contributed by atoms with E-state index in [4.69, 9.17) is 4.74 Å². The summed E-state index contributed by atoms with van der Waals surface area (Å²) in [6.45, 7) is 6.25. The topological polar surface area (TPSA) is 67.3 Å². The number of ether oxygens (including phenoxy) is 1. The minimum atomic E-state index is -0.118. The number of nitrogens with zero attached hydrogens (tertiary/aromatic N) is 3. The van der Waals surface area contributed by atoms with Crippen LogP contribution >= 0.6 is 0 Å². The fourth-order valence-electron chi connectivity index (χ4n) is 1.46. The SMILES string of the molecule is CCOCCN(CC)C(=O)c1ccc(NC)nn1. The number of hydrogen-bond acceptors (Lipinski definition) is 5. The lowest BCUT2D eigenvalue weighted by molar-refractivity contribution is 0.0663. The van der Waals surface area contributed by atoms with Gasteiger partial charge in [-0.05, 0) is 26.0 Å². The lowest BCUT2D eigenvalue weighted by Crippen LogP contribution is -2.34. The van der Waals surface area contributed by atoms with Gasteiger partial charge in [0.05, 0.1) is 6.61 Å². The number of rotatable bonds is 7. The summed E-state index contributed by atoms with van der Waals surface area (Å²) in [5.41, 5.74) is 0.354. The summed E-state index contributed by atoms with van der Waals surface area (Å²) in [7, 11) is 1.76. The maximum Gasteiger partial charge on any atom is 0.274 e. The van der Waals surface area contributed by atoms with Crippen molar-refractivity contribution in [2.45, 2.75) is 13.8 Å². The molecule has 0 atom stereocenters. The van der Waals surface area contributed by atoms with Crippen molar-refractivity contribution in [3.05, 3.63) is 17.8 Å². The fraction of sp³-hybridized carbons (Fsp3) is 0.583. The smallest absolute Gasteiger partial charge is 0.274 e. The van der Waals surface area contributed by atoms with Crippen molar-refractivity contribution in [3.8, 4) is 0 Å². The highest BCUT2D eigenvalue weighted by molar-refractivity contribution is 5.92. The van der Waals surface area contributed by atoms with E-state index in [2.05, 4.69) is 15.5 Å². The van der Waals surface area contributed by atoms with Crippen molar-refractivity contribution in [1.82, 2.24) is 15.1 Å². The minimum absolute atomic E-state index is 0.118. The van der Waals surface area contributed by atoms with Crippen LogP contribution < -0.4 is 5.32 Å². The average Bonchev–Trinajstić information content (AvgIpc) is 2.43. The Kier molecular flexibility index (Phi) is 6.07. The van der Waals surface area contributed by atoms with Gasteiger partial charge in [0.25, 0.3) is 5.91 Å². The molecule has 1 aromatic rings. The lowest BCUT2D eigenvalue weighted by Gasteiger charge is -2.19. The number of amides is 1. The van der Waals surface area contributed by atoms with Gasteiger partial charge in [-0.15, -0.1) is 10.2 Å². The molecule has 0 unspecified atom stereocenters. The molecule has 0 bridgehead atoms. The first-order valence-electron chi connectivity index (χ1n) is 6.11. The van der Waals surface area contributed by atoms with Gasteiger partial charge in [0.1, 0.15) is 5.82 Å². The Morgan fingerprint density at radius 2 is 2.17 bits per heavy atom. The Bertz CT molecular complexity index is 367. The van der Waals surface area contributed by atoms with Crippen LogP contribution in [0.3, 0.4) is 0 Å². The average molecular weight is 252 g/mol.